The topological polar surface area (TPSA) is 83.3 Å². The van der Waals surface area contributed by atoms with Gasteiger partial charge in [0.2, 0.25) is 0 Å². The summed E-state index contributed by atoms with van der Waals surface area (Å²) in [6, 6.07) is 8.96. The third-order valence-electron chi connectivity index (χ3n) is 6.17. The summed E-state index contributed by atoms with van der Waals surface area (Å²) in [6.45, 7) is 3.24. The van der Waals surface area contributed by atoms with E-state index in [0.717, 1.165) is 50.0 Å². The van der Waals surface area contributed by atoms with E-state index in [1.165, 1.54) is 0 Å². The van der Waals surface area contributed by atoms with Crippen LogP contribution in [0.25, 0.3) is 0 Å². The summed E-state index contributed by atoms with van der Waals surface area (Å²) in [5.41, 5.74) is 8.03. The van der Waals surface area contributed by atoms with Gasteiger partial charge in [0.15, 0.2) is 0 Å². The van der Waals surface area contributed by atoms with Crippen molar-refractivity contribution in [2.24, 2.45) is 0 Å². The molecule has 2 aromatic rings. The number of hydrogen-bond acceptors (Lipinski definition) is 7. The molecule has 0 aromatic heterocycles. The third kappa shape index (κ3) is 7.52. The molecule has 0 aliphatic carbocycles. The summed E-state index contributed by atoms with van der Waals surface area (Å²) < 4.78 is 22.1. The van der Waals surface area contributed by atoms with Crippen LogP contribution in [0.15, 0.2) is 30.3 Å². The van der Waals surface area contributed by atoms with Gasteiger partial charge in [-0.2, -0.15) is 0 Å². The molecule has 0 spiro atoms. The fourth-order valence-corrected chi connectivity index (χ4v) is 4.35. The number of ketones is 1. The van der Waals surface area contributed by atoms with Gasteiger partial charge in [-0.1, -0.05) is 11.6 Å². The first-order valence-corrected chi connectivity index (χ1v) is 12.0. The number of nitrogen functional groups attached to an aromatic ring is 1. The van der Waals surface area contributed by atoms with Gasteiger partial charge in [0.1, 0.15) is 29.6 Å². The lowest BCUT2D eigenvalue weighted by Gasteiger charge is -2.31. The Morgan fingerprint density at radius 3 is 2.35 bits per heavy atom. The molecule has 0 unspecified atom stereocenters. The molecule has 3 rings (SSSR count). The van der Waals surface area contributed by atoms with Crippen molar-refractivity contribution in [3.8, 4) is 17.2 Å². The van der Waals surface area contributed by atoms with Gasteiger partial charge < -0.3 is 29.6 Å². The lowest BCUT2D eigenvalue weighted by Crippen LogP contribution is -2.37. The summed E-state index contributed by atoms with van der Waals surface area (Å²) in [5.74, 6) is 2.06. The number of piperidine rings is 1. The van der Waals surface area contributed by atoms with Crippen molar-refractivity contribution in [2.45, 2.75) is 44.8 Å². The number of carbonyl (C=O) groups excluding carboxylic acids is 1. The second-order valence-corrected chi connectivity index (χ2v) is 8.99. The molecule has 1 aliphatic heterocycles. The van der Waals surface area contributed by atoms with E-state index in [1.54, 1.807) is 39.5 Å². The minimum absolute atomic E-state index is 0.153. The number of halogens is 1. The van der Waals surface area contributed by atoms with Gasteiger partial charge in [0.25, 0.3) is 0 Å². The monoisotopic (exact) mass is 490 g/mol. The predicted molar refractivity (Wildman–Crippen MR) is 134 cm³/mol. The van der Waals surface area contributed by atoms with Gasteiger partial charge >= 0.3 is 0 Å². The number of nitrogens with two attached hydrogens (primary N) is 1. The van der Waals surface area contributed by atoms with Crippen LogP contribution in [0.3, 0.4) is 0 Å². The Morgan fingerprint density at radius 2 is 1.74 bits per heavy atom. The third-order valence-corrected chi connectivity index (χ3v) is 6.50. The standard InChI is InChI=1S/C26H35ClN2O5/c1-31-21-6-9-29(10-7-21)8-4-5-20(30)13-19-14-24(27)25(28)16-26(19)34-17-18-11-22(32-2)15-23(12-18)33-3/h11-12,14-16,21H,4-10,13,17,28H2,1-3H3. The Labute approximate surface area is 207 Å². The van der Waals surface area contributed by atoms with Crippen LogP contribution in [0.5, 0.6) is 17.2 Å². The molecular formula is C26H35ClN2O5. The van der Waals surface area contributed by atoms with E-state index < -0.39 is 0 Å². The molecule has 0 radical (unpaired) electrons. The molecule has 0 bridgehead atoms. The van der Waals surface area contributed by atoms with E-state index in [-0.39, 0.29) is 18.8 Å². The molecule has 0 amide bonds. The number of nitrogens with zero attached hydrogens (tertiary/aromatic N) is 1. The first kappa shape index (κ1) is 26.1. The van der Waals surface area contributed by atoms with Gasteiger partial charge in [-0.15, -0.1) is 0 Å². The van der Waals surface area contributed by atoms with Crippen molar-refractivity contribution >= 4 is 23.1 Å². The van der Waals surface area contributed by atoms with Gasteiger partial charge in [0.05, 0.1) is 31.0 Å². The highest BCUT2D eigenvalue weighted by molar-refractivity contribution is 6.33. The quantitative estimate of drug-likeness (QED) is 0.438. The normalized spacial score (nSPS) is 14.7. The summed E-state index contributed by atoms with van der Waals surface area (Å²) in [4.78, 5) is 15.1. The fraction of sp³-hybridized carbons (Fsp3) is 0.500. The maximum Gasteiger partial charge on any atom is 0.137 e. The second kappa shape index (κ2) is 12.8. The van der Waals surface area contributed by atoms with E-state index in [2.05, 4.69) is 4.90 Å². The van der Waals surface area contributed by atoms with Crippen LogP contribution in [-0.4, -0.2) is 57.8 Å². The predicted octanol–water partition coefficient (Wildman–Crippen LogP) is 4.52. The molecule has 7 nitrogen and oxygen atoms in total. The number of rotatable bonds is 12. The maximum atomic E-state index is 12.7. The summed E-state index contributed by atoms with van der Waals surface area (Å²) in [7, 11) is 4.98. The summed E-state index contributed by atoms with van der Waals surface area (Å²) >= 11 is 6.25. The van der Waals surface area contributed by atoms with E-state index >= 15 is 0 Å². The molecule has 2 N–H and O–H groups in total. The maximum absolute atomic E-state index is 12.7. The molecule has 1 saturated heterocycles. The minimum atomic E-state index is 0.153. The van der Waals surface area contributed by atoms with E-state index in [4.69, 9.17) is 36.3 Å². The lowest BCUT2D eigenvalue weighted by molar-refractivity contribution is -0.118. The van der Waals surface area contributed by atoms with Crippen molar-refractivity contribution in [3.05, 3.63) is 46.5 Å². The zero-order valence-electron chi connectivity index (χ0n) is 20.3. The van der Waals surface area contributed by atoms with Gasteiger partial charge in [-0.05, 0) is 49.6 Å². The van der Waals surface area contributed by atoms with Gasteiger partial charge in [0, 0.05) is 50.7 Å². The van der Waals surface area contributed by atoms with Crippen LogP contribution < -0.4 is 19.9 Å². The Balaban J connectivity index is 1.58. The molecule has 8 heteroatoms. The molecule has 1 heterocycles. The average Bonchev–Trinajstić information content (AvgIpc) is 2.85. The number of benzene rings is 2. The molecule has 0 atom stereocenters. The first-order chi connectivity index (χ1) is 16.4. The van der Waals surface area contributed by atoms with Crippen molar-refractivity contribution in [3.63, 3.8) is 0 Å². The number of ether oxygens (including phenoxy) is 4. The smallest absolute Gasteiger partial charge is 0.137 e. The number of methoxy groups -OCH3 is 3. The van der Waals surface area contributed by atoms with Crippen LogP contribution in [0.2, 0.25) is 5.02 Å². The van der Waals surface area contributed by atoms with Crippen LogP contribution in [-0.2, 0) is 22.6 Å². The fourth-order valence-electron chi connectivity index (χ4n) is 4.16. The van der Waals surface area contributed by atoms with E-state index in [9.17, 15) is 4.79 Å². The van der Waals surface area contributed by atoms with Crippen LogP contribution in [0.1, 0.15) is 36.8 Å². The highest BCUT2D eigenvalue weighted by Gasteiger charge is 2.19. The molecule has 34 heavy (non-hydrogen) atoms. The number of Topliss-reactive ketones (excluding diaryl/α,β-unsaturated/α-hetero) is 1. The minimum Gasteiger partial charge on any atom is -0.497 e. The SMILES string of the molecule is COc1cc(COc2cc(N)c(Cl)cc2CC(=O)CCCN2CCC(OC)CC2)cc(OC)c1. The highest BCUT2D eigenvalue weighted by atomic mass is 35.5. The Hall–Kier alpha value is -2.48. The Morgan fingerprint density at radius 1 is 1.06 bits per heavy atom. The Bertz CT molecular complexity index is 938. The summed E-state index contributed by atoms with van der Waals surface area (Å²) in [5, 5.41) is 0.416. The van der Waals surface area contributed by atoms with Crippen molar-refractivity contribution in [1.82, 2.24) is 4.90 Å². The van der Waals surface area contributed by atoms with E-state index in [0.29, 0.717) is 40.5 Å². The largest absolute Gasteiger partial charge is 0.497 e. The van der Waals surface area contributed by atoms with Gasteiger partial charge in [-0.3, -0.25) is 4.79 Å². The zero-order chi connectivity index (χ0) is 24.5. The molecule has 1 fully saturated rings. The van der Waals surface area contributed by atoms with Crippen LogP contribution in [0.4, 0.5) is 5.69 Å². The number of carbonyl (C=O) groups is 1. The zero-order valence-corrected chi connectivity index (χ0v) is 21.0. The van der Waals surface area contributed by atoms with Gasteiger partial charge in [-0.25, -0.2) is 0 Å². The average molecular weight is 491 g/mol. The van der Waals surface area contributed by atoms with Crippen LogP contribution >= 0.6 is 11.6 Å². The van der Waals surface area contributed by atoms with Crippen molar-refractivity contribution < 1.29 is 23.7 Å². The summed E-state index contributed by atoms with van der Waals surface area (Å²) in [6.07, 6.45) is 4.06. The molecule has 1 aliphatic rings. The molecule has 0 saturated carbocycles. The van der Waals surface area contributed by atoms with Crippen LogP contribution in [0, 0.1) is 0 Å². The first-order valence-electron chi connectivity index (χ1n) is 11.6. The van der Waals surface area contributed by atoms with Crippen molar-refractivity contribution in [1.29, 1.82) is 0 Å². The molecular weight excluding hydrogens is 456 g/mol. The second-order valence-electron chi connectivity index (χ2n) is 8.59. The van der Waals surface area contributed by atoms with E-state index in [1.807, 2.05) is 12.1 Å². The van der Waals surface area contributed by atoms with Crippen molar-refractivity contribution in [2.75, 3.05) is 46.7 Å². The highest BCUT2D eigenvalue weighted by Crippen LogP contribution is 2.31. The molecule has 186 valence electrons. The number of anilines is 1. The Kier molecular flexibility index (Phi) is 9.86. The number of likely N-dealkylation sites (tertiary alicyclic amines) is 1. The lowest BCUT2D eigenvalue weighted by atomic mass is 10.0. The molecule has 2 aromatic carbocycles. The number of hydrogen-bond donors (Lipinski definition) is 1.